The zero-order chi connectivity index (χ0) is 13.4. The molecule has 0 aliphatic rings. The van der Waals surface area contributed by atoms with Crippen LogP contribution in [0.2, 0.25) is 0 Å². The van der Waals surface area contributed by atoms with Gasteiger partial charge in [0.1, 0.15) is 0 Å². The van der Waals surface area contributed by atoms with Gasteiger partial charge in [-0.25, -0.2) is 4.39 Å². The maximum atomic E-state index is 13.5. The first-order valence-corrected chi connectivity index (χ1v) is 6.38. The van der Waals surface area contributed by atoms with Gasteiger partial charge in [0, 0.05) is 6.54 Å². The summed E-state index contributed by atoms with van der Waals surface area (Å²) >= 11 is 0. The summed E-state index contributed by atoms with van der Waals surface area (Å²) in [4.78, 5) is 2.25. The highest BCUT2D eigenvalue weighted by molar-refractivity contribution is 5.29. The summed E-state index contributed by atoms with van der Waals surface area (Å²) in [6, 6.07) is 5.14. The number of unbranched alkanes of at least 4 members (excludes halogenated alkanes) is 1. The molecule has 102 valence electrons. The van der Waals surface area contributed by atoms with Gasteiger partial charge in [-0.15, -0.1) is 0 Å². The molecular formula is C14H23FN2O. The molecule has 1 aromatic carbocycles. The summed E-state index contributed by atoms with van der Waals surface area (Å²) in [7, 11) is 3.56. The number of ether oxygens (including phenoxy) is 1. The Kier molecular flexibility index (Phi) is 6.68. The number of nitrogens with zero attached hydrogens (tertiary/aromatic N) is 1. The molecule has 0 saturated carbocycles. The van der Waals surface area contributed by atoms with Crippen LogP contribution >= 0.6 is 0 Å². The van der Waals surface area contributed by atoms with E-state index in [9.17, 15) is 4.39 Å². The quantitative estimate of drug-likeness (QED) is 0.722. The number of benzene rings is 1. The third-order valence-electron chi connectivity index (χ3n) is 2.99. The van der Waals surface area contributed by atoms with E-state index in [1.807, 2.05) is 6.07 Å². The first-order chi connectivity index (χ1) is 8.67. The summed E-state index contributed by atoms with van der Waals surface area (Å²) in [6.07, 6.45) is 3.02. The molecule has 2 N–H and O–H groups in total. The normalized spacial score (nSPS) is 10.9. The van der Waals surface area contributed by atoms with Crippen molar-refractivity contribution in [3.8, 4) is 5.75 Å². The topological polar surface area (TPSA) is 38.5 Å². The Balaban J connectivity index is 2.36. The first-order valence-electron chi connectivity index (χ1n) is 6.38. The molecule has 4 heteroatoms. The number of hydrogen-bond donors (Lipinski definition) is 1. The summed E-state index contributed by atoms with van der Waals surface area (Å²) in [5.41, 5.74) is 6.45. The van der Waals surface area contributed by atoms with Gasteiger partial charge in [-0.1, -0.05) is 6.07 Å². The van der Waals surface area contributed by atoms with Crippen LogP contribution in [0.4, 0.5) is 4.39 Å². The van der Waals surface area contributed by atoms with E-state index >= 15 is 0 Å². The fourth-order valence-corrected chi connectivity index (χ4v) is 1.82. The zero-order valence-corrected chi connectivity index (χ0v) is 11.3. The Morgan fingerprint density at radius 2 is 2.06 bits per heavy atom. The number of nitrogens with two attached hydrogens (primary N) is 1. The molecule has 3 nitrogen and oxygen atoms in total. The predicted octanol–water partition coefficient (Wildman–Crippen LogP) is 2.05. The van der Waals surface area contributed by atoms with Crippen molar-refractivity contribution in [3.05, 3.63) is 29.6 Å². The van der Waals surface area contributed by atoms with Gasteiger partial charge < -0.3 is 15.4 Å². The molecule has 0 atom stereocenters. The lowest BCUT2D eigenvalue weighted by atomic mass is 10.1. The fourth-order valence-electron chi connectivity index (χ4n) is 1.82. The third kappa shape index (κ3) is 5.02. The van der Waals surface area contributed by atoms with Crippen LogP contribution in [0.3, 0.4) is 0 Å². The van der Waals surface area contributed by atoms with Crippen molar-refractivity contribution in [2.75, 3.05) is 33.8 Å². The molecule has 0 saturated heterocycles. The highest BCUT2D eigenvalue weighted by Gasteiger charge is 2.04. The zero-order valence-electron chi connectivity index (χ0n) is 11.3. The van der Waals surface area contributed by atoms with Crippen molar-refractivity contribution in [1.29, 1.82) is 0 Å². The summed E-state index contributed by atoms with van der Waals surface area (Å²) in [6.45, 7) is 2.71. The highest BCUT2D eigenvalue weighted by atomic mass is 19.1. The van der Waals surface area contributed by atoms with E-state index in [2.05, 4.69) is 11.9 Å². The van der Waals surface area contributed by atoms with Crippen LogP contribution < -0.4 is 10.5 Å². The van der Waals surface area contributed by atoms with Crippen LogP contribution in [-0.4, -0.2) is 38.7 Å². The van der Waals surface area contributed by atoms with Gasteiger partial charge in [0.2, 0.25) is 0 Å². The van der Waals surface area contributed by atoms with Crippen molar-refractivity contribution in [2.45, 2.75) is 19.3 Å². The molecule has 0 aliphatic heterocycles. The lowest BCUT2D eigenvalue weighted by molar-refractivity contribution is 0.330. The van der Waals surface area contributed by atoms with Crippen LogP contribution in [0.5, 0.6) is 5.75 Å². The van der Waals surface area contributed by atoms with E-state index in [1.54, 1.807) is 12.1 Å². The fraction of sp³-hybridized carbons (Fsp3) is 0.571. The van der Waals surface area contributed by atoms with Crippen molar-refractivity contribution in [1.82, 2.24) is 4.90 Å². The van der Waals surface area contributed by atoms with Crippen molar-refractivity contribution in [3.63, 3.8) is 0 Å². The average Bonchev–Trinajstić information content (AvgIpc) is 2.37. The molecule has 0 spiro atoms. The second-order valence-electron chi connectivity index (χ2n) is 4.52. The van der Waals surface area contributed by atoms with E-state index in [0.717, 1.165) is 44.5 Å². The molecule has 0 aromatic heterocycles. The average molecular weight is 254 g/mol. The molecule has 1 rings (SSSR count). The number of hydrogen-bond acceptors (Lipinski definition) is 3. The third-order valence-corrected chi connectivity index (χ3v) is 2.99. The van der Waals surface area contributed by atoms with E-state index in [-0.39, 0.29) is 5.82 Å². The van der Waals surface area contributed by atoms with E-state index < -0.39 is 0 Å². The minimum atomic E-state index is -0.291. The molecule has 0 unspecified atom stereocenters. The summed E-state index contributed by atoms with van der Waals surface area (Å²) < 4.78 is 18.4. The van der Waals surface area contributed by atoms with Crippen LogP contribution in [0, 0.1) is 5.82 Å². The first kappa shape index (κ1) is 14.9. The molecule has 18 heavy (non-hydrogen) atoms. The SMILES string of the molecule is COc1ccc(CCN(C)CCCCN)cc1F. The second kappa shape index (κ2) is 8.06. The standard InChI is InChI=1S/C14H23FN2O/c1-17(9-4-3-8-16)10-7-12-5-6-14(18-2)13(15)11-12/h5-6,11H,3-4,7-10,16H2,1-2H3. The Morgan fingerprint density at radius 3 is 2.67 bits per heavy atom. The molecule has 0 radical (unpaired) electrons. The van der Waals surface area contributed by atoms with E-state index in [1.165, 1.54) is 7.11 Å². The van der Waals surface area contributed by atoms with Crippen LogP contribution in [0.25, 0.3) is 0 Å². The molecule has 0 heterocycles. The Labute approximate surface area is 109 Å². The molecule has 0 aliphatic carbocycles. The maximum absolute atomic E-state index is 13.5. The predicted molar refractivity (Wildman–Crippen MR) is 72.4 cm³/mol. The smallest absolute Gasteiger partial charge is 0.165 e. The Bertz CT molecular complexity index is 358. The van der Waals surface area contributed by atoms with Gasteiger partial charge >= 0.3 is 0 Å². The number of halogens is 1. The monoisotopic (exact) mass is 254 g/mol. The molecule has 1 aromatic rings. The van der Waals surface area contributed by atoms with Crippen LogP contribution in [0.1, 0.15) is 18.4 Å². The Hall–Kier alpha value is -1.13. The van der Waals surface area contributed by atoms with Crippen LogP contribution in [0.15, 0.2) is 18.2 Å². The van der Waals surface area contributed by atoms with Gasteiger partial charge in [0.25, 0.3) is 0 Å². The minimum absolute atomic E-state index is 0.291. The van der Waals surface area contributed by atoms with Crippen molar-refractivity contribution in [2.24, 2.45) is 5.73 Å². The van der Waals surface area contributed by atoms with E-state index in [0.29, 0.717) is 5.75 Å². The maximum Gasteiger partial charge on any atom is 0.165 e. The summed E-state index contributed by atoms with van der Waals surface area (Å²) in [5.74, 6) is 0.0100. The van der Waals surface area contributed by atoms with Gasteiger partial charge in [-0.3, -0.25) is 0 Å². The van der Waals surface area contributed by atoms with Gasteiger partial charge in [0.15, 0.2) is 11.6 Å². The molecule has 0 fully saturated rings. The number of methoxy groups -OCH3 is 1. The van der Waals surface area contributed by atoms with Gasteiger partial charge in [-0.05, 0) is 57.1 Å². The largest absolute Gasteiger partial charge is 0.494 e. The van der Waals surface area contributed by atoms with Gasteiger partial charge in [0.05, 0.1) is 7.11 Å². The van der Waals surface area contributed by atoms with Crippen molar-refractivity contribution < 1.29 is 9.13 Å². The minimum Gasteiger partial charge on any atom is -0.494 e. The number of rotatable bonds is 8. The van der Waals surface area contributed by atoms with Crippen molar-refractivity contribution >= 4 is 0 Å². The molecule has 0 bridgehead atoms. The van der Waals surface area contributed by atoms with Crippen LogP contribution in [-0.2, 0) is 6.42 Å². The summed E-state index contributed by atoms with van der Waals surface area (Å²) in [5, 5.41) is 0. The lowest BCUT2D eigenvalue weighted by Gasteiger charge is -2.16. The second-order valence-corrected chi connectivity index (χ2v) is 4.52. The highest BCUT2D eigenvalue weighted by Crippen LogP contribution is 2.17. The molecule has 0 amide bonds. The Morgan fingerprint density at radius 1 is 1.28 bits per heavy atom. The number of likely N-dealkylation sites (N-methyl/N-ethyl adjacent to an activating group) is 1. The molecular weight excluding hydrogens is 231 g/mol. The lowest BCUT2D eigenvalue weighted by Crippen LogP contribution is -2.23. The van der Waals surface area contributed by atoms with Gasteiger partial charge in [-0.2, -0.15) is 0 Å². The van der Waals surface area contributed by atoms with E-state index in [4.69, 9.17) is 10.5 Å².